The number of fused-ring (bicyclic) bond motifs is 2. The van der Waals surface area contributed by atoms with Crippen molar-refractivity contribution in [2.24, 2.45) is 0 Å². The molecule has 0 spiro atoms. The van der Waals surface area contributed by atoms with Crippen molar-refractivity contribution in [3.8, 4) is 11.5 Å². The molecular weight excluding hydrogens is 368 g/mol. The number of hydrogen-bond acceptors (Lipinski definition) is 5. The van der Waals surface area contributed by atoms with Gasteiger partial charge < -0.3 is 25.2 Å². The molecule has 29 heavy (non-hydrogen) atoms. The van der Waals surface area contributed by atoms with Gasteiger partial charge in [0, 0.05) is 19.6 Å². The van der Waals surface area contributed by atoms with Crippen LogP contribution in [0, 0.1) is 0 Å². The molecule has 2 heterocycles. The lowest BCUT2D eigenvalue weighted by Gasteiger charge is -2.31. The van der Waals surface area contributed by atoms with Crippen LogP contribution in [-0.4, -0.2) is 39.9 Å². The van der Waals surface area contributed by atoms with Crippen LogP contribution in [0.2, 0.25) is 0 Å². The highest BCUT2D eigenvalue weighted by Gasteiger charge is 2.25. The molecule has 0 bridgehead atoms. The van der Waals surface area contributed by atoms with E-state index in [1.54, 1.807) is 23.1 Å². The van der Waals surface area contributed by atoms with Crippen molar-refractivity contribution >= 4 is 6.09 Å². The number of benzene rings is 2. The third-order valence-corrected chi connectivity index (χ3v) is 4.93. The van der Waals surface area contributed by atoms with Crippen molar-refractivity contribution < 1.29 is 19.7 Å². The quantitative estimate of drug-likeness (QED) is 0.630. The van der Waals surface area contributed by atoms with Crippen molar-refractivity contribution in [3.63, 3.8) is 0 Å². The van der Waals surface area contributed by atoms with Crippen LogP contribution in [0.4, 0.5) is 4.79 Å². The van der Waals surface area contributed by atoms with Crippen molar-refractivity contribution in [2.45, 2.75) is 52.3 Å². The second kappa shape index (κ2) is 8.74. The molecule has 0 fully saturated rings. The van der Waals surface area contributed by atoms with E-state index in [0.717, 1.165) is 37.1 Å². The number of aromatic hydroxyl groups is 2. The summed E-state index contributed by atoms with van der Waals surface area (Å²) < 4.78 is 5.35. The molecule has 0 radical (unpaired) electrons. The lowest BCUT2D eigenvalue weighted by atomic mass is 10.00. The van der Waals surface area contributed by atoms with Crippen molar-refractivity contribution in [1.82, 2.24) is 10.2 Å². The number of phenolic OH excluding ortho intramolecular Hbond substituents is 2. The number of nitrogens with one attached hydrogen (secondary N) is 1. The predicted octanol–water partition coefficient (Wildman–Crippen LogP) is 3.72. The lowest BCUT2D eigenvalue weighted by Crippen LogP contribution is -2.39. The maximum Gasteiger partial charge on any atom is 0.410 e. The summed E-state index contributed by atoms with van der Waals surface area (Å²) in [6, 6.07) is 10.9. The third-order valence-electron chi connectivity index (χ3n) is 4.93. The summed E-state index contributed by atoms with van der Waals surface area (Å²) in [6.07, 6.45) is 1.51. The normalized spacial score (nSPS) is 15.5. The molecule has 6 heteroatoms. The first-order valence-corrected chi connectivity index (χ1v) is 10.0. The molecule has 0 aromatic heterocycles. The van der Waals surface area contributed by atoms with Crippen LogP contribution in [0.3, 0.4) is 0 Å². The van der Waals surface area contributed by atoms with Crippen molar-refractivity contribution in [2.75, 3.05) is 13.1 Å². The molecule has 0 unspecified atom stereocenters. The minimum atomic E-state index is -0.466. The number of hydrogen-bond donors (Lipinski definition) is 3. The number of carbonyl (C=O) groups excluding carboxylic acids is 1. The van der Waals surface area contributed by atoms with E-state index in [0.29, 0.717) is 18.8 Å². The van der Waals surface area contributed by atoms with E-state index < -0.39 is 5.60 Å². The molecule has 0 aliphatic carbocycles. The Balaban J connectivity index is 0.000000186. The molecule has 2 aromatic carbocycles. The zero-order valence-corrected chi connectivity index (χ0v) is 17.4. The summed E-state index contributed by atoms with van der Waals surface area (Å²) in [4.78, 5) is 13.6. The fraction of sp³-hybridized carbons (Fsp3) is 0.435. The van der Waals surface area contributed by atoms with Crippen LogP contribution in [0.1, 0.15) is 43.0 Å². The van der Waals surface area contributed by atoms with Crippen molar-refractivity contribution in [1.29, 1.82) is 0 Å². The first-order valence-electron chi connectivity index (χ1n) is 10.0. The highest BCUT2D eigenvalue weighted by Crippen LogP contribution is 2.24. The zero-order valence-electron chi connectivity index (χ0n) is 17.4. The maximum atomic E-state index is 11.9. The van der Waals surface area contributed by atoms with E-state index in [-0.39, 0.29) is 11.8 Å². The van der Waals surface area contributed by atoms with Gasteiger partial charge in [0.05, 0.1) is 0 Å². The van der Waals surface area contributed by atoms with Crippen LogP contribution >= 0.6 is 0 Å². The average Bonchev–Trinajstić information content (AvgIpc) is 2.66. The number of carbonyl (C=O) groups is 1. The van der Waals surface area contributed by atoms with E-state index in [4.69, 9.17) is 9.84 Å². The number of rotatable bonds is 0. The van der Waals surface area contributed by atoms with E-state index in [9.17, 15) is 9.90 Å². The van der Waals surface area contributed by atoms with Crippen LogP contribution in [0.15, 0.2) is 36.4 Å². The van der Waals surface area contributed by atoms with Gasteiger partial charge >= 0.3 is 6.09 Å². The lowest BCUT2D eigenvalue weighted by molar-refractivity contribution is 0.0224. The number of phenols is 2. The molecule has 3 N–H and O–H groups in total. The molecular formula is C23H30N2O4. The first-order chi connectivity index (χ1) is 13.7. The topological polar surface area (TPSA) is 82.0 Å². The minimum absolute atomic E-state index is 0.277. The van der Waals surface area contributed by atoms with Crippen LogP contribution in [0.5, 0.6) is 11.5 Å². The highest BCUT2D eigenvalue weighted by molar-refractivity contribution is 5.68. The van der Waals surface area contributed by atoms with Gasteiger partial charge in [-0.05, 0) is 86.7 Å². The Morgan fingerprint density at radius 1 is 0.966 bits per heavy atom. The van der Waals surface area contributed by atoms with Gasteiger partial charge in [-0.25, -0.2) is 4.79 Å². The molecule has 2 aromatic rings. The molecule has 2 aliphatic rings. The van der Waals surface area contributed by atoms with Gasteiger partial charge in [-0.2, -0.15) is 0 Å². The smallest absolute Gasteiger partial charge is 0.410 e. The molecule has 4 rings (SSSR count). The summed E-state index contributed by atoms with van der Waals surface area (Å²) in [7, 11) is 0. The Morgan fingerprint density at radius 3 is 2.24 bits per heavy atom. The number of ether oxygens (including phenoxy) is 1. The Morgan fingerprint density at radius 2 is 1.59 bits per heavy atom. The summed E-state index contributed by atoms with van der Waals surface area (Å²) in [5.74, 6) is 0.658. The van der Waals surface area contributed by atoms with E-state index >= 15 is 0 Å². The SMILES string of the molecule is CC(C)(C)OC(=O)N1CCc2cc(O)ccc2C1.Oc1ccc2c(c1)CCNC2. The van der Waals surface area contributed by atoms with Crippen LogP contribution in [-0.2, 0) is 30.7 Å². The van der Waals surface area contributed by atoms with E-state index in [1.807, 2.05) is 39.0 Å². The monoisotopic (exact) mass is 398 g/mol. The van der Waals surface area contributed by atoms with Gasteiger partial charge in [0.15, 0.2) is 0 Å². The van der Waals surface area contributed by atoms with E-state index in [1.165, 1.54) is 11.1 Å². The molecule has 156 valence electrons. The molecule has 6 nitrogen and oxygen atoms in total. The Hall–Kier alpha value is -2.73. The maximum absolute atomic E-state index is 11.9. The average molecular weight is 399 g/mol. The Bertz CT molecular complexity index is 874. The zero-order chi connectivity index (χ0) is 21.0. The molecule has 0 saturated heterocycles. The third kappa shape index (κ3) is 5.87. The van der Waals surface area contributed by atoms with Gasteiger partial charge in [0.1, 0.15) is 17.1 Å². The fourth-order valence-electron chi connectivity index (χ4n) is 3.49. The second-order valence-electron chi connectivity index (χ2n) is 8.48. The standard InChI is InChI=1S/C14H19NO3.C9H11NO/c1-14(2,3)18-13(17)15-7-6-10-8-12(16)5-4-11(10)9-15;11-9-2-1-8-6-10-4-3-7(8)5-9/h4-5,8,16H,6-7,9H2,1-3H3;1-2,5,10-11H,3-4,6H2. The minimum Gasteiger partial charge on any atom is -0.508 e. The van der Waals surface area contributed by atoms with Crippen molar-refractivity contribution in [3.05, 3.63) is 58.7 Å². The first kappa shape index (κ1) is 21.0. The van der Waals surface area contributed by atoms with E-state index in [2.05, 4.69) is 5.32 Å². The van der Waals surface area contributed by atoms with Gasteiger partial charge in [-0.3, -0.25) is 0 Å². The van der Waals surface area contributed by atoms with Gasteiger partial charge in [0.2, 0.25) is 0 Å². The summed E-state index contributed by atoms with van der Waals surface area (Å²) in [5, 5.41) is 21.9. The van der Waals surface area contributed by atoms with Gasteiger partial charge in [-0.15, -0.1) is 0 Å². The Labute approximate surface area is 172 Å². The number of nitrogens with zero attached hydrogens (tertiary/aromatic N) is 1. The molecule has 2 aliphatic heterocycles. The summed E-state index contributed by atoms with van der Waals surface area (Å²) in [5.41, 5.74) is 4.31. The number of amides is 1. The largest absolute Gasteiger partial charge is 0.508 e. The van der Waals surface area contributed by atoms with Gasteiger partial charge in [0.25, 0.3) is 0 Å². The predicted molar refractivity (Wildman–Crippen MR) is 112 cm³/mol. The summed E-state index contributed by atoms with van der Waals surface area (Å²) in [6.45, 7) is 8.73. The fourth-order valence-corrected chi connectivity index (χ4v) is 3.49. The summed E-state index contributed by atoms with van der Waals surface area (Å²) >= 11 is 0. The molecule has 0 atom stereocenters. The van der Waals surface area contributed by atoms with Crippen LogP contribution in [0.25, 0.3) is 0 Å². The molecule has 1 amide bonds. The second-order valence-corrected chi connectivity index (χ2v) is 8.48. The Kier molecular flexibility index (Phi) is 6.33. The highest BCUT2D eigenvalue weighted by atomic mass is 16.6. The van der Waals surface area contributed by atoms with Crippen LogP contribution < -0.4 is 5.32 Å². The molecule has 0 saturated carbocycles. The van der Waals surface area contributed by atoms with Gasteiger partial charge in [-0.1, -0.05) is 12.1 Å².